The van der Waals surface area contributed by atoms with E-state index in [1.807, 2.05) is 36.4 Å². The number of aliphatic carboxylic acids is 1. The largest absolute Gasteiger partial charge is 0.480 e. The number of amides is 1. The number of carboxylic acid groups (broad SMARTS) is 1. The lowest BCUT2D eigenvalue weighted by atomic mass is 9.95. The minimum atomic E-state index is -1.38. The first-order valence-electron chi connectivity index (χ1n) is 9.39. The number of benzene rings is 2. The molecule has 0 heterocycles. The summed E-state index contributed by atoms with van der Waals surface area (Å²) in [6.45, 7) is 1.64. The van der Waals surface area contributed by atoms with Gasteiger partial charge in [0.1, 0.15) is 12.1 Å². The zero-order chi connectivity index (χ0) is 20.1. The maximum absolute atomic E-state index is 12.4. The lowest BCUT2D eigenvalue weighted by Gasteiger charge is -2.26. The molecule has 0 spiro atoms. The predicted octanol–water partition coefficient (Wildman–Crippen LogP) is 4.78. The van der Waals surface area contributed by atoms with Gasteiger partial charge in [-0.25, -0.2) is 9.59 Å². The maximum atomic E-state index is 12.4. The van der Waals surface area contributed by atoms with Gasteiger partial charge >= 0.3 is 12.1 Å². The number of halogens is 1. The summed E-state index contributed by atoms with van der Waals surface area (Å²) in [6.07, 6.45) is 0.865. The molecule has 148 valence electrons. The summed E-state index contributed by atoms with van der Waals surface area (Å²) < 4.78 is 5.45. The third kappa shape index (κ3) is 4.14. The van der Waals surface area contributed by atoms with Crippen molar-refractivity contribution in [2.24, 2.45) is 0 Å². The lowest BCUT2D eigenvalue weighted by molar-refractivity contribution is -0.144. The molecule has 0 saturated carbocycles. The monoisotopic (exact) mass is 401 g/mol. The van der Waals surface area contributed by atoms with Crippen molar-refractivity contribution in [3.8, 4) is 11.1 Å². The fraction of sp³-hybridized carbons (Fsp3) is 0.364. The molecule has 2 aromatic carbocycles. The van der Waals surface area contributed by atoms with Crippen molar-refractivity contribution in [1.82, 2.24) is 5.32 Å². The number of fused-ring (bicyclic) bond motifs is 3. The molecule has 0 bridgehead atoms. The molecule has 3 rings (SSSR count). The van der Waals surface area contributed by atoms with Crippen LogP contribution in [-0.2, 0) is 9.53 Å². The highest BCUT2D eigenvalue weighted by Crippen LogP contribution is 2.44. The number of carbonyl (C=O) groups excluding carboxylic acids is 1. The van der Waals surface area contributed by atoms with E-state index in [1.165, 1.54) is 6.92 Å². The molecule has 1 aliphatic carbocycles. The normalized spacial score (nSPS) is 14.6. The number of rotatable bonds is 8. The predicted molar refractivity (Wildman–Crippen MR) is 109 cm³/mol. The van der Waals surface area contributed by atoms with Crippen molar-refractivity contribution in [1.29, 1.82) is 0 Å². The number of alkyl carbamates (subject to hydrolysis) is 1. The van der Waals surface area contributed by atoms with Crippen LogP contribution in [0, 0.1) is 0 Å². The second kappa shape index (κ2) is 8.65. The van der Waals surface area contributed by atoms with Gasteiger partial charge in [0.15, 0.2) is 0 Å². The summed E-state index contributed by atoms with van der Waals surface area (Å²) in [4.78, 5) is 24.0. The van der Waals surface area contributed by atoms with Crippen LogP contribution in [0.1, 0.15) is 43.2 Å². The summed E-state index contributed by atoms with van der Waals surface area (Å²) in [5, 5.41) is 12.0. The van der Waals surface area contributed by atoms with Crippen molar-refractivity contribution in [2.75, 3.05) is 12.5 Å². The van der Waals surface area contributed by atoms with Crippen LogP contribution in [0.3, 0.4) is 0 Å². The molecule has 1 unspecified atom stereocenters. The van der Waals surface area contributed by atoms with Crippen LogP contribution >= 0.6 is 11.6 Å². The Labute approximate surface area is 169 Å². The summed E-state index contributed by atoms with van der Waals surface area (Å²) in [6, 6.07) is 16.1. The number of ether oxygens (including phenoxy) is 1. The van der Waals surface area contributed by atoms with Crippen LogP contribution in [0.5, 0.6) is 0 Å². The van der Waals surface area contributed by atoms with Crippen molar-refractivity contribution < 1.29 is 19.4 Å². The smallest absolute Gasteiger partial charge is 0.408 e. The van der Waals surface area contributed by atoms with Gasteiger partial charge in [-0.15, -0.1) is 11.6 Å². The van der Waals surface area contributed by atoms with E-state index in [1.54, 1.807) is 0 Å². The van der Waals surface area contributed by atoms with Crippen LogP contribution in [0.25, 0.3) is 11.1 Å². The van der Waals surface area contributed by atoms with Crippen LogP contribution in [0.4, 0.5) is 4.79 Å². The first kappa shape index (κ1) is 20.2. The van der Waals surface area contributed by atoms with Gasteiger partial charge in [-0.2, -0.15) is 0 Å². The molecular weight excluding hydrogens is 378 g/mol. The number of alkyl halides is 1. The van der Waals surface area contributed by atoms with Gasteiger partial charge < -0.3 is 15.2 Å². The van der Waals surface area contributed by atoms with E-state index < -0.39 is 17.6 Å². The molecule has 28 heavy (non-hydrogen) atoms. The first-order valence-corrected chi connectivity index (χ1v) is 9.92. The van der Waals surface area contributed by atoms with Crippen molar-refractivity contribution in [3.63, 3.8) is 0 Å². The Balaban J connectivity index is 1.68. The average molecular weight is 402 g/mol. The molecule has 2 N–H and O–H groups in total. The molecule has 0 saturated heterocycles. The van der Waals surface area contributed by atoms with Gasteiger partial charge in [0, 0.05) is 11.8 Å². The van der Waals surface area contributed by atoms with Gasteiger partial charge in [-0.05, 0) is 48.4 Å². The van der Waals surface area contributed by atoms with E-state index in [0.717, 1.165) is 22.3 Å². The van der Waals surface area contributed by atoms with E-state index in [4.69, 9.17) is 16.3 Å². The number of nitrogens with one attached hydrogen (secondary N) is 1. The van der Waals surface area contributed by atoms with Gasteiger partial charge in [-0.1, -0.05) is 48.5 Å². The van der Waals surface area contributed by atoms with Crippen molar-refractivity contribution in [3.05, 3.63) is 59.7 Å². The Morgan fingerprint density at radius 3 is 2.18 bits per heavy atom. The van der Waals surface area contributed by atoms with Gasteiger partial charge in [0.05, 0.1) is 0 Å². The zero-order valence-electron chi connectivity index (χ0n) is 15.8. The Morgan fingerprint density at radius 1 is 1.07 bits per heavy atom. The third-order valence-corrected chi connectivity index (χ3v) is 5.52. The number of carbonyl (C=O) groups is 2. The molecule has 2 aromatic rings. The van der Waals surface area contributed by atoms with E-state index in [2.05, 4.69) is 17.4 Å². The number of hydrogen-bond donors (Lipinski definition) is 2. The maximum Gasteiger partial charge on any atom is 0.408 e. The summed E-state index contributed by atoms with van der Waals surface area (Å²) in [5.74, 6) is -0.693. The van der Waals surface area contributed by atoms with Crippen molar-refractivity contribution in [2.45, 2.75) is 37.6 Å². The van der Waals surface area contributed by atoms with Crippen LogP contribution < -0.4 is 5.32 Å². The molecule has 6 heteroatoms. The quantitative estimate of drug-likeness (QED) is 0.493. The van der Waals surface area contributed by atoms with E-state index >= 15 is 0 Å². The summed E-state index contributed by atoms with van der Waals surface area (Å²) in [7, 11) is 0. The van der Waals surface area contributed by atoms with Gasteiger partial charge in [0.2, 0.25) is 0 Å². The molecule has 0 radical (unpaired) electrons. The average Bonchev–Trinajstić information content (AvgIpc) is 3.00. The van der Waals surface area contributed by atoms with E-state index in [-0.39, 0.29) is 12.5 Å². The summed E-state index contributed by atoms with van der Waals surface area (Å²) >= 11 is 5.66. The highest BCUT2D eigenvalue weighted by atomic mass is 35.5. The lowest BCUT2D eigenvalue weighted by Crippen LogP contribution is -2.52. The van der Waals surface area contributed by atoms with E-state index in [0.29, 0.717) is 25.1 Å². The molecule has 0 aliphatic heterocycles. The molecule has 5 nitrogen and oxygen atoms in total. The second-order valence-corrected chi connectivity index (χ2v) is 7.61. The topological polar surface area (TPSA) is 75.6 Å². The van der Waals surface area contributed by atoms with E-state index in [9.17, 15) is 14.7 Å². The molecule has 0 aromatic heterocycles. The summed E-state index contributed by atoms with van der Waals surface area (Å²) in [5.41, 5.74) is 3.13. The highest BCUT2D eigenvalue weighted by Gasteiger charge is 2.35. The van der Waals surface area contributed by atoms with Crippen LogP contribution in [-0.4, -0.2) is 35.2 Å². The third-order valence-electron chi connectivity index (χ3n) is 5.25. The fourth-order valence-corrected chi connectivity index (χ4v) is 3.84. The fourth-order valence-electron chi connectivity index (χ4n) is 3.66. The minimum Gasteiger partial charge on any atom is -0.480 e. The Hall–Kier alpha value is -2.53. The van der Waals surface area contributed by atoms with Crippen LogP contribution in [0.2, 0.25) is 0 Å². The Kier molecular flexibility index (Phi) is 6.25. The highest BCUT2D eigenvalue weighted by molar-refractivity contribution is 6.17. The van der Waals surface area contributed by atoms with Crippen molar-refractivity contribution >= 4 is 23.7 Å². The Morgan fingerprint density at radius 2 is 1.64 bits per heavy atom. The second-order valence-electron chi connectivity index (χ2n) is 7.23. The van der Waals surface area contributed by atoms with Crippen LogP contribution in [0.15, 0.2) is 48.5 Å². The molecule has 1 aliphatic rings. The first-order chi connectivity index (χ1) is 13.5. The van der Waals surface area contributed by atoms with Gasteiger partial charge in [0.25, 0.3) is 0 Å². The molecule has 0 fully saturated rings. The SMILES string of the molecule is CC(CCCCCl)(NC(=O)OCC1c2ccccc2-c2ccccc21)C(=O)O. The minimum absolute atomic E-state index is 0.0644. The van der Waals surface area contributed by atoms with Gasteiger partial charge in [-0.3, -0.25) is 0 Å². The molecular formula is C22H24ClNO4. The zero-order valence-corrected chi connectivity index (χ0v) is 16.5. The standard InChI is InChI=1S/C22H24ClNO4/c1-22(20(25)26,12-6-7-13-23)24-21(27)28-14-19-17-10-4-2-8-15(17)16-9-3-5-11-18(16)19/h2-5,8-11,19H,6-7,12-14H2,1H3,(H,24,27)(H,25,26). The Bertz CT molecular complexity index is 824. The number of carboxylic acids is 1. The number of hydrogen-bond acceptors (Lipinski definition) is 3. The number of unbranched alkanes of at least 4 members (excludes halogenated alkanes) is 1. The molecule has 1 atom stereocenters. The molecule has 1 amide bonds.